The van der Waals surface area contributed by atoms with Gasteiger partial charge >= 0.3 is 0 Å². The summed E-state index contributed by atoms with van der Waals surface area (Å²) >= 11 is 0. The Labute approximate surface area is 206 Å². The van der Waals surface area contributed by atoms with Crippen LogP contribution in [0.1, 0.15) is 16.7 Å². The van der Waals surface area contributed by atoms with Crippen LogP contribution in [0, 0.1) is 0 Å². The molecular formula is C28H33NO6. The molecule has 1 saturated heterocycles. The van der Waals surface area contributed by atoms with Gasteiger partial charge in [0.1, 0.15) is 36.7 Å². The highest BCUT2D eigenvalue weighted by molar-refractivity contribution is 5.15. The van der Waals surface area contributed by atoms with Crippen LogP contribution in [0.15, 0.2) is 91.0 Å². The van der Waals surface area contributed by atoms with Crippen LogP contribution in [-0.2, 0) is 38.8 Å². The predicted molar refractivity (Wildman–Crippen MR) is 131 cm³/mol. The van der Waals surface area contributed by atoms with E-state index in [-0.39, 0.29) is 19.8 Å². The van der Waals surface area contributed by atoms with Gasteiger partial charge in [-0.1, -0.05) is 91.0 Å². The van der Waals surface area contributed by atoms with E-state index in [0.29, 0.717) is 6.61 Å². The van der Waals surface area contributed by atoms with E-state index in [9.17, 15) is 10.2 Å². The van der Waals surface area contributed by atoms with Crippen LogP contribution < -0.4 is 5.73 Å². The molecule has 1 heterocycles. The summed E-state index contributed by atoms with van der Waals surface area (Å²) in [5.41, 5.74) is 8.99. The Morgan fingerprint density at radius 2 is 1.09 bits per heavy atom. The van der Waals surface area contributed by atoms with E-state index in [1.54, 1.807) is 0 Å². The molecule has 0 amide bonds. The summed E-state index contributed by atoms with van der Waals surface area (Å²) in [6.45, 7) is 1.02. The second-order valence-electron chi connectivity index (χ2n) is 8.64. The number of hydrogen-bond donors (Lipinski definition) is 3. The molecule has 0 unspecified atom stereocenters. The highest BCUT2D eigenvalue weighted by Crippen LogP contribution is 2.26. The summed E-state index contributed by atoms with van der Waals surface area (Å²) in [6.07, 6.45) is -6.10. The zero-order chi connectivity index (χ0) is 24.5. The number of benzene rings is 3. The first-order valence-corrected chi connectivity index (χ1v) is 11.8. The van der Waals surface area contributed by atoms with Crippen LogP contribution in [0.2, 0.25) is 0 Å². The second-order valence-corrected chi connectivity index (χ2v) is 8.64. The Morgan fingerprint density at radius 1 is 0.629 bits per heavy atom. The molecule has 1 aliphatic rings. The maximum absolute atomic E-state index is 11.0. The molecule has 3 aromatic carbocycles. The van der Waals surface area contributed by atoms with Crippen molar-refractivity contribution >= 4 is 0 Å². The first-order valence-electron chi connectivity index (χ1n) is 11.8. The molecule has 0 spiro atoms. The normalized spacial score (nSPS) is 26.8. The molecule has 0 aromatic heterocycles. The Bertz CT molecular complexity index is 990. The van der Waals surface area contributed by atoms with Gasteiger partial charge in [0, 0.05) is 0 Å². The van der Waals surface area contributed by atoms with Crippen LogP contribution in [-0.4, -0.2) is 53.6 Å². The van der Waals surface area contributed by atoms with Crippen LogP contribution in [0.5, 0.6) is 0 Å². The van der Waals surface area contributed by atoms with Crippen LogP contribution >= 0.6 is 0 Å². The SMILES string of the molecule is N[C@H]1O[C@H](COCc2ccccc2)[C@@H](OCc2ccccc2)[C@H](OCc2ccccc2)[C@H](O)[C@H]1O. The number of aliphatic hydroxyl groups is 2. The van der Waals surface area contributed by atoms with Crippen molar-refractivity contribution < 1.29 is 29.2 Å². The average molecular weight is 480 g/mol. The summed E-state index contributed by atoms with van der Waals surface area (Å²) in [6, 6.07) is 29.1. The van der Waals surface area contributed by atoms with Gasteiger partial charge in [0.25, 0.3) is 0 Å². The monoisotopic (exact) mass is 479 g/mol. The second kappa shape index (κ2) is 12.9. The van der Waals surface area contributed by atoms with E-state index < -0.39 is 36.7 Å². The Kier molecular flexibility index (Phi) is 9.39. The van der Waals surface area contributed by atoms with Gasteiger partial charge in [0.15, 0.2) is 0 Å². The van der Waals surface area contributed by atoms with Gasteiger partial charge in [-0.2, -0.15) is 0 Å². The largest absolute Gasteiger partial charge is 0.387 e. The third-order valence-electron chi connectivity index (χ3n) is 6.01. The minimum absolute atomic E-state index is 0.146. The van der Waals surface area contributed by atoms with Crippen molar-refractivity contribution in [3.05, 3.63) is 108 Å². The number of rotatable bonds is 10. The third kappa shape index (κ3) is 7.19. The smallest absolute Gasteiger partial charge is 0.135 e. The summed E-state index contributed by atoms with van der Waals surface area (Å²) in [7, 11) is 0. The van der Waals surface area contributed by atoms with Crippen LogP contribution in [0.3, 0.4) is 0 Å². The molecule has 186 valence electrons. The van der Waals surface area contributed by atoms with Gasteiger partial charge in [-0.25, -0.2) is 0 Å². The molecule has 0 bridgehead atoms. The van der Waals surface area contributed by atoms with Crippen LogP contribution in [0.25, 0.3) is 0 Å². The minimum Gasteiger partial charge on any atom is -0.387 e. The summed E-state index contributed by atoms with van der Waals surface area (Å²) in [5, 5.41) is 21.6. The zero-order valence-electron chi connectivity index (χ0n) is 19.6. The van der Waals surface area contributed by atoms with Gasteiger partial charge in [-0.05, 0) is 16.7 Å². The molecule has 1 fully saturated rings. The van der Waals surface area contributed by atoms with E-state index in [1.165, 1.54) is 0 Å². The Balaban J connectivity index is 1.53. The van der Waals surface area contributed by atoms with Crippen molar-refractivity contribution in [2.45, 2.75) is 56.6 Å². The molecule has 6 atom stereocenters. The number of aliphatic hydroxyl groups excluding tert-OH is 2. The predicted octanol–water partition coefficient (Wildman–Crippen LogP) is 2.78. The number of hydrogen-bond acceptors (Lipinski definition) is 7. The topological polar surface area (TPSA) is 103 Å². The Hall–Kier alpha value is -2.62. The minimum atomic E-state index is -1.35. The fourth-order valence-electron chi connectivity index (χ4n) is 4.08. The molecule has 3 aromatic rings. The molecule has 35 heavy (non-hydrogen) atoms. The van der Waals surface area contributed by atoms with Crippen molar-refractivity contribution in [3.8, 4) is 0 Å². The molecule has 7 heteroatoms. The van der Waals surface area contributed by atoms with Crippen molar-refractivity contribution in [1.29, 1.82) is 0 Å². The standard InChI is InChI=1S/C28H33NO6/c29-28-25(31)24(30)27(34-18-22-14-8-3-9-15-22)26(33-17-21-12-6-2-7-13-21)23(35-28)19-32-16-20-10-4-1-5-11-20/h1-15,23-28,30-31H,16-19,29H2/t23-,24-,25-,26-,27-,28+/m1/s1. The van der Waals surface area contributed by atoms with E-state index in [4.69, 9.17) is 24.7 Å². The average Bonchev–Trinajstić information content (AvgIpc) is 2.98. The van der Waals surface area contributed by atoms with Gasteiger partial charge in [0.05, 0.1) is 26.4 Å². The fourth-order valence-corrected chi connectivity index (χ4v) is 4.08. The van der Waals surface area contributed by atoms with E-state index in [2.05, 4.69) is 0 Å². The zero-order valence-corrected chi connectivity index (χ0v) is 19.6. The van der Waals surface area contributed by atoms with Gasteiger partial charge in [-0.15, -0.1) is 0 Å². The lowest BCUT2D eigenvalue weighted by atomic mass is 10.00. The lowest BCUT2D eigenvalue weighted by molar-refractivity contribution is -0.174. The molecule has 0 aliphatic carbocycles. The number of ether oxygens (including phenoxy) is 4. The van der Waals surface area contributed by atoms with E-state index in [0.717, 1.165) is 16.7 Å². The molecule has 4 rings (SSSR count). The molecule has 1 aliphatic heterocycles. The Morgan fingerprint density at radius 3 is 1.60 bits per heavy atom. The maximum atomic E-state index is 11.0. The quantitative estimate of drug-likeness (QED) is 0.411. The lowest BCUT2D eigenvalue weighted by Gasteiger charge is -2.33. The van der Waals surface area contributed by atoms with E-state index >= 15 is 0 Å². The van der Waals surface area contributed by atoms with Crippen molar-refractivity contribution in [3.63, 3.8) is 0 Å². The lowest BCUT2D eigenvalue weighted by Crippen LogP contribution is -2.51. The van der Waals surface area contributed by atoms with Crippen molar-refractivity contribution in [2.24, 2.45) is 5.73 Å². The highest BCUT2D eigenvalue weighted by Gasteiger charge is 2.46. The number of nitrogens with two attached hydrogens (primary N) is 1. The molecule has 7 nitrogen and oxygen atoms in total. The first-order chi connectivity index (χ1) is 17.1. The third-order valence-corrected chi connectivity index (χ3v) is 6.01. The van der Waals surface area contributed by atoms with Gasteiger partial charge in [0.2, 0.25) is 0 Å². The van der Waals surface area contributed by atoms with Crippen molar-refractivity contribution in [1.82, 2.24) is 0 Å². The van der Waals surface area contributed by atoms with E-state index in [1.807, 2.05) is 91.0 Å². The highest BCUT2D eigenvalue weighted by atomic mass is 16.6. The molecule has 4 N–H and O–H groups in total. The molecule has 0 radical (unpaired) electrons. The summed E-state index contributed by atoms with van der Waals surface area (Å²) < 4.78 is 24.3. The van der Waals surface area contributed by atoms with Gasteiger partial charge in [-0.3, -0.25) is 0 Å². The summed E-state index contributed by atoms with van der Waals surface area (Å²) in [5.74, 6) is 0. The summed E-state index contributed by atoms with van der Waals surface area (Å²) in [4.78, 5) is 0. The first kappa shape index (κ1) is 25.5. The van der Waals surface area contributed by atoms with Crippen LogP contribution in [0.4, 0.5) is 0 Å². The molecule has 0 saturated carbocycles. The fraction of sp³-hybridized carbons (Fsp3) is 0.357. The molecular weight excluding hydrogens is 446 g/mol. The van der Waals surface area contributed by atoms with Gasteiger partial charge < -0.3 is 34.9 Å². The van der Waals surface area contributed by atoms with Crippen molar-refractivity contribution in [2.75, 3.05) is 6.61 Å². The maximum Gasteiger partial charge on any atom is 0.135 e.